The zero-order valence-corrected chi connectivity index (χ0v) is 15.7. The van der Waals surface area contributed by atoms with Gasteiger partial charge in [0.1, 0.15) is 0 Å². The Morgan fingerprint density at radius 2 is 2.31 bits per heavy atom. The van der Waals surface area contributed by atoms with Crippen molar-refractivity contribution in [3.05, 3.63) is 41.7 Å². The topological polar surface area (TPSA) is 45.7 Å². The molecule has 5 heteroatoms. The Labute approximate surface area is 156 Å². The molecule has 26 heavy (non-hydrogen) atoms. The van der Waals surface area contributed by atoms with Crippen LogP contribution in [0.25, 0.3) is 0 Å². The van der Waals surface area contributed by atoms with Gasteiger partial charge in [0.05, 0.1) is 12.1 Å². The lowest BCUT2D eigenvalue weighted by atomic mass is 9.75. The Morgan fingerprint density at radius 3 is 3.04 bits per heavy atom. The molecule has 0 N–H and O–H groups in total. The highest BCUT2D eigenvalue weighted by atomic mass is 16.5. The second kappa shape index (κ2) is 7.49. The summed E-state index contributed by atoms with van der Waals surface area (Å²) in [6.45, 7) is 4.26. The molecule has 1 amide bonds. The number of likely N-dealkylation sites (tertiary alicyclic amines) is 2. The summed E-state index contributed by atoms with van der Waals surface area (Å²) >= 11 is 0. The number of carbonyl (C=O) groups excluding carboxylic acids is 1. The molecule has 2 aliphatic heterocycles. The number of carbonyl (C=O) groups is 1. The van der Waals surface area contributed by atoms with Crippen molar-refractivity contribution in [3.63, 3.8) is 0 Å². The number of aromatic nitrogens is 1. The molecular weight excluding hydrogens is 326 g/mol. The summed E-state index contributed by atoms with van der Waals surface area (Å²) in [5.41, 5.74) is 2.32. The van der Waals surface area contributed by atoms with Gasteiger partial charge in [0.2, 0.25) is 5.91 Å². The number of ether oxygens (including phenoxy) is 1. The van der Waals surface area contributed by atoms with Gasteiger partial charge < -0.3 is 9.64 Å². The standard InChI is InChI=1S/C21H29N3O2/c1-23-10-8-17(13-26-14-18-5-4-9-22-12-18)11-21(23)15-24(16-21)20(25)19-6-2-3-7-19/h4-6,9,12,17H,2-3,7-8,10-11,13-16H2,1H3. The highest BCUT2D eigenvalue weighted by molar-refractivity contribution is 5.94. The lowest BCUT2D eigenvalue weighted by Gasteiger charge is -2.58. The first-order chi connectivity index (χ1) is 12.7. The average molecular weight is 355 g/mol. The van der Waals surface area contributed by atoms with Crippen molar-refractivity contribution in [2.75, 3.05) is 33.3 Å². The predicted molar refractivity (Wildman–Crippen MR) is 100 cm³/mol. The van der Waals surface area contributed by atoms with Crippen molar-refractivity contribution < 1.29 is 9.53 Å². The van der Waals surface area contributed by atoms with E-state index in [1.54, 1.807) is 6.20 Å². The minimum Gasteiger partial charge on any atom is -0.376 e. The summed E-state index contributed by atoms with van der Waals surface area (Å²) in [4.78, 5) is 21.2. The van der Waals surface area contributed by atoms with Gasteiger partial charge in [-0.3, -0.25) is 14.7 Å². The Bertz CT molecular complexity index is 667. The summed E-state index contributed by atoms with van der Waals surface area (Å²) in [7, 11) is 2.21. The van der Waals surface area contributed by atoms with Crippen LogP contribution in [0.5, 0.6) is 0 Å². The molecule has 1 aromatic rings. The molecule has 1 unspecified atom stereocenters. The van der Waals surface area contributed by atoms with E-state index in [0.717, 1.165) is 63.1 Å². The van der Waals surface area contributed by atoms with Crippen LogP contribution < -0.4 is 0 Å². The number of hydrogen-bond donors (Lipinski definition) is 0. The van der Waals surface area contributed by atoms with E-state index < -0.39 is 0 Å². The van der Waals surface area contributed by atoms with E-state index in [1.165, 1.54) is 6.42 Å². The van der Waals surface area contributed by atoms with E-state index in [-0.39, 0.29) is 11.4 Å². The Kier molecular flexibility index (Phi) is 5.09. The maximum atomic E-state index is 12.6. The fraction of sp³-hybridized carbons (Fsp3) is 0.619. The van der Waals surface area contributed by atoms with Crippen LogP contribution in [0.2, 0.25) is 0 Å². The van der Waals surface area contributed by atoms with Crippen LogP contribution in [0.15, 0.2) is 36.2 Å². The van der Waals surface area contributed by atoms with E-state index in [4.69, 9.17) is 4.74 Å². The van der Waals surface area contributed by atoms with Crippen LogP contribution >= 0.6 is 0 Å². The van der Waals surface area contributed by atoms with E-state index in [1.807, 2.05) is 17.2 Å². The predicted octanol–water partition coefficient (Wildman–Crippen LogP) is 2.63. The Hall–Kier alpha value is -1.72. The first-order valence-corrected chi connectivity index (χ1v) is 9.82. The summed E-state index contributed by atoms with van der Waals surface area (Å²) in [5, 5.41) is 0. The number of hydrogen-bond acceptors (Lipinski definition) is 4. The SMILES string of the molecule is CN1CCC(COCc2cccnc2)CC12CN(C(=O)C1=CCCC1)C2. The maximum Gasteiger partial charge on any atom is 0.249 e. The molecular formula is C21H29N3O2. The second-order valence-electron chi connectivity index (χ2n) is 8.16. The van der Waals surface area contributed by atoms with Gasteiger partial charge in [0.25, 0.3) is 0 Å². The van der Waals surface area contributed by atoms with E-state index in [0.29, 0.717) is 12.5 Å². The molecule has 1 atom stereocenters. The maximum absolute atomic E-state index is 12.6. The van der Waals surface area contributed by atoms with Gasteiger partial charge in [-0.05, 0) is 63.2 Å². The number of nitrogens with zero attached hydrogens (tertiary/aromatic N) is 3. The average Bonchev–Trinajstić information content (AvgIpc) is 3.16. The first kappa shape index (κ1) is 17.7. The van der Waals surface area contributed by atoms with Crippen LogP contribution in [-0.2, 0) is 16.1 Å². The van der Waals surface area contributed by atoms with E-state index in [2.05, 4.69) is 29.1 Å². The third kappa shape index (κ3) is 3.55. The zero-order chi connectivity index (χ0) is 18.0. The quantitative estimate of drug-likeness (QED) is 0.815. The van der Waals surface area contributed by atoms with Gasteiger partial charge in [-0.2, -0.15) is 0 Å². The molecule has 1 aromatic heterocycles. The molecule has 2 saturated heterocycles. The largest absolute Gasteiger partial charge is 0.376 e. The minimum atomic E-state index is 0.162. The number of piperidine rings is 1. The van der Waals surface area contributed by atoms with Crippen molar-refractivity contribution in [2.45, 2.75) is 44.2 Å². The van der Waals surface area contributed by atoms with Gasteiger partial charge in [-0.15, -0.1) is 0 Å². The van der Waals surface area contributed by atoms with Gasteiger partial charge in [-0.1, -0.05) is 12.1 Å². The van der Waals surface area contributed by atoms with E-state index in [9.17, 15) is 4.79 Å². The molecule has 3 heterocycles. The van der Waals surface area contributed by atoms with Gasteiger partial charge in [0, 0.05) is 37.7 Å². The fourth-order valence-electron chi connectivity index (χ4n) is 4.62. The molecule has 140 valence electrons. The van der Waals surface area contributed by atoms with Crippen molar-refractivity contribution in [1.82, 2.24) is 14.8 Å². The third-order valence-corrected chi connectivity index (χ3v) is 6.27. The fourth-order valence-corrected chi connectivity index (χ4v) is 4.62. The number of rotatable bonds is 5. The lowest BCUT2D eigenvalue weighted by molar-refractivity contribution is -0.147. The Balaban J connectivity index is 1.28. The van der Waals surface area contributed by atoms with Crippen LogP contribution in [0.1, 0.15) is 37.7 Å². The van der Waals surface area contributed by atoms with Crippen molar-refractivity contribution in [3.8, 4) is 0 Å². The molecule has 0 bridgehead atoms. The van der Waals surface area contributed by atoms with Crippen molar-refractivity contribution in [1.29, 1.82) is 0 Å². The normalized spacial score (nSPS) is 25.2. The van der Waals surface area contributed by atoms with Gasteiger partial charge >= 0.3 is 0 Å². The van der Waals surface area contributed by atoms with Crippen molar-refractivity contribution >= 4 is 5.91 Å². The monoisotopic (exact) mass is 355 g/mol. The summed E-state index contributed by atoms with van der Waals surface area (Å²) in [6.07, 6.45) is 11.2. The highest BCUT2D eigenvalue weighted by Gasteiger charge is 2.51. The number of likely N-dealkylation sites (N-methyl/N-ethyl adjacent to an activating group) is 1. The molecule has 3 aliphatic rings. The van der Waals surface area contributed by atoms with Crippen LogP contribution in [0.3, 0.4) is 0 Å². The van der Waals surface area contributed by atoms with Crippen LogP contribution in [0.4, 0.5) is 0 Å². The number of pyridine rings is 1. The molecule has 0 aromatic carbocycles. The lowest BCUT2D eigenvalue weighted by Crippen LogP contribution is -2.72. The number of amides is 1. The highest BCUT2D eigenvalue weighted by Crippen LogP contribution is 2.39. The molecule has 5 nitrogen and oxygen atoms in total. The molecule has 0 saturated carbocycles. The van der Waals surface area contributed by atoms with E-state index >= 15 is 0 Å². The first-order valence-electron chi connectivity index (χ1n) is 9.82. The molecule has 2 fully saturated rings. The van der Waals surface area contributed by atoms with Crippen LogP contribution in [-0.4, -0.2) is 59.5 Å². The number of allylic oxidation sites excluding steroid dienone is 1. The van der Waals surface area contributed by atoms with Crippen molar-refractivity contribution in [2.24, 2.45) is 5.92 Å². The van der Waals surface area contributed by atoms with Gasteiger partial charge in [-0.25, -0.2) is 0 Å². The molecule has 4 rings (SSSR count). The summed E-state index contributed by atoms with van der Waals surface area (Å²) < 4.78 is 5.96. The zero-order valence-electron chi connectivity index (χ0n) is 15.7. The third-order valence-electron chi connectivity index (χ3n) is 6.27. The molecule has 0 radical (unpaired) electrons. The van der Waals surface area contributed by atoms with Gasteiger partial charge in [0.15, 0.2) is 0 Å². The smallest absolute Gasteiger partial charge is 0.249 e. The van der Waals surface area contributed by atoms with Crippen LogP contribution in [0, 0.1) is 5.92 Å². The minimum absolute atomic E-state index is 0.162. The summed E-state index contributed by atoms with van der Waals surface area (Å²) in [5.74, 6) is 0.849. The summed E-state index contributed by atoms with van der Waals surface area (Å²) in [6, 6.07) is 4.00. The molecule has 1 aliphatic carbocycles. The molecule has 1 spiro atoms. The Morgan fingerprint density at radius 1 is 1.42 bits per heavy atom. The second-order valence-corrected chi connectivity index (χ2v) is 8.16.